The molecule has 0 aliphatic heterocycles. The monoisotopic (exact) mass is 202 g/mol. The van der Waals surface area contributed by atoms with Crippen LogP contribution in [-0.4, -0.2) is 11.6 Å². The number of carbonyl (C=O) groups excluding carboxylic acids is 1. The largest absolute Gasteiger partial charge is 0.460 e. The molecule has 0 saturated carbocycles. The third kappa shape index (κ3) is 6.93. The normalized spacial score (nSPS) is 12.5. The molecule has 0 radical (unpaired) electrons. The van der Waals surface area contributed by atoms with Crippen molar-refractivity contribution in [2.75, 3.05) is 0 Å². The molecule has 0 N–H and O–H groups in total. The van der Waals surface area contributed by atoms with E-state index in [2.05, 4.69) is 13.8 Å². The van der Waals surface area contributed by atoms with Crippen molar-refractivity contribution in [3.05, 3.63) is 0 Å². The van der Waals surface area contributed by atoms with E-state index in [4.69, 9.17) is 4.74 Å². The van der Waals surface area contributed by atoms with Gasteiger partial charge in [-0.1, -0.05) is 34.1 Å². The van der Waals surface area contributed by atoms with Crippen molar-refractivity contribution in [2.24, 2.45) is 5.92 Å². The van der Waals surface area contributed by atoms with Gasteiger partial charge in [-0.2, -0.15) is 0 Å². The first-order valence-corrected chi connectivity index (χ1v) is 5.59. The summed E-state index contributed by atoms with van der Waals surface area (Å²) in [4.78, 5) is 10.7. The minimum atomic E-state index is -0.318. The Morgan fingerprint density at radius 1 is 1.36 bits per heavy atom. The molecule has 14 heavy (non-hydrogen) atoms. The lowest BCUT2D eigenvalue weighted by atomic mass is 9.89. The summed E-state index contributed by atoms with van der Waals surface area (Å²) in [6, 6.07) is 0. The van der Waals surface area contributed by atoms with E-state index in [1.165, 1.54) is 6.92 Å². The Labute approximate surface area is 89.0 Å². The molecule has 0 rings (SSSR count). The molecular weight excluding hydrogens is 176 g/mol. The van der Waals surface area contributed by atoms with Crippen LogP contribution in [0.1, 0.15) is 61.3 Å². The van der Waals surface area contributed by atoms with Gasteiger partial charge < -0.3 is 4.74 Å². The van der Waals surface area contributed by atoms with Crippen LogP contribution in [0.15, 0.2) is 0 Å². The molecule has 0 aliphatic rings. The van der Waals surface area contributed by atoms with E-state index in [9.17, 15) is 4.79 Å². The molecule has 0 aromatic rings. The lowest BCUT2D eigenvalue weighted by Gasteiger charge is -2.30. The predicted molar refractivity (Wildman–Crippen MR) is 61.3 cm³/mol. The third-order valence-corrected chi connectivity index (χ3v) is 2.32. The van der Waals surface area contributed by atoms with Crippen molar-refractivity contribution in [3.63, 3.8) is 0 Å². The molecule has 0 aliphatic carbocycles. The first-order valence-electron chi connectivity index (χ1n) is 5.59. The number of hydrogen-bond donors (Lipinski definition) is 0. The average Bonchev–Trinajstić information content (AvgIpc) is 2.06. The first kappa shape index (κ1) is 15.9. The highest BCUT2D eigenvalue weighted by atomic mass is 16.6. The Kier molecular flexibility index (Phi) is 8.91. The van der Waals surface area contributed by atoms with Crippen molar-refractivity contribution in [2.45, 2.75) is 66.9 Å². The summed E-state index contributed by atoms with van der Waals surface area (Å²) in [5.74, 6) is 0.231. The molecule has 1 unspecified atom stereocenters. The van der Waals surface area contributed by atoms with Crippen LogP contribution in [0.4, 0.5) is 0 Å². The van der Waals surface area contributed by atoms with E-state index >= 15 is 0 Å². The summed E-state index contributed by atoms with van der Waals surface area (Å²) < 4.78 is 5.21. The zero-order valence-electron chi connectivity index (χ0n) is 10.8. The summed E-state index contributed by atoms with van der Waals surface area (Å²) in [6.45, 7) is 13.6. The number of rotatable bonds is 4. The molecule has 0 fully saturated rings. The molecule has 0 aromatic heterocycles. The molecule has 86 valence electrons. The fourth-order valence-corrected chi connectivity index (χ4v) is 1.25. The van der Waals surface area contributed by atoms with Crippen molar-refractivity contribution in [1.82, 2.24) is 0 Å². The smallest absolute Gasteiger partial charge is 0.303 e. The third-order valence-electron chi connectivity index (χ3n) is 2.32. The van der Waals surface area contributed by atoms with Gasteiger partial charge in [0.1, 0.15) is 5.60 Å². The fraction of sp³-hybridized carbons (Fsp3) is 0.917. The molecule has 2 nitrogen and oxygen atoms in total. The summed E-state index contributed by atoms with van der Waals surface area (Å²) >= 11 is 0. The van der Waals surface area contributed by atoms with Gasteiger partial charge in [-0.25, -0.2) is 0 Å². The van der Waals surface area contributed by atoms with Gasteiger partial charge in [-0.3, -0.25) is 4.79 Å². The zero-order valence-corrected chi connectivity index (χ0v) is 10.8. The molecule has 0 spiro atoms. The quantitative estimate of drug-likeness (QED) is 0.648. The fourth-order valence-electron chi connectivity index (χ4n) is 1.25. The van der Waals surface area contributed by atoms with E-state index in [1.807, 2.05) is 27.7 Å². The molecule has 2 heteroatoms. The van der Waals surface area contributed by atoms with Crippen molar-refractivity contribution in [3.8, 4) is 0 Å². The van der Waals surface area contributed by atoms with E-state index in [-0.39, 0.29) is 11.6 Å². The van der Waals surface area contributed by atoms with Crippen LogP contribution >= 0.6 is 0 Å². The molecular formula is C12H26O2. The second-order valence-corrected chi connectivity index (χ2v) is 3.89. The van der Waals surface area contributed by atoms with E-state index in [0.29, 0.717) is 5.92 Å². The Morgan fingerprint density at radius 3 is 2.07 bits per heavy atom. The minimum absolute atomic E-state index is 0.192. The molecule has 0 saturated heterocycles. The Balaban J connectivity index is 0. The lowest BCUT2D eigenvalue weighted by molar-refractivity contribution is -0.158. The van der Waals surface area contributed by atoms with Gasteiger partial charge in [-0.15, -0.1) is 0 Å². The van der Waals surface area contributed by atoms with E-state index < -0.39 is 0 Å². The maximum Gasteiger partial charge on any atom is 0.303 e. The second-order valence-electron chi connectivity index (χ2n) is 3.89. The van der Waals surface area contributed by atoms with Gasteiger partial charge in [0.15, 0.2) is 0 Å². The summed E-state index contributed by atoms with van der Waals surface area (Å²) in [7, 11) is 0. The van der Waals surface area contributed by atoms with Crippen LogP contribution in [0, 0.1) is 5.92 Å². The maximum atomic E-state index is 10.7. The molecule has 0 bridgehead atoms. The summed E-state index contributed by atoms with van der Waals surface area (Å²) in [6.07, 6.45) is 2.23. The molecule has 1 atom stereocenters. The Bertz CT molecular complexity index is 150. The van der Waals surface area contributed by atoms with E-state index in [0.717, 1.165) is 12.8 Å². The topological polar surface area (TPSA) is 26.3 Å². The molecule has 0 aromatic carbocycles. The SMILES string of the molecule is CC.CCCC(C)C(C)(C)OC(C)=O. The van der Waals surface area contributed by atoms with Gasteiger partial charge in [0, 0.05) is 6.92 Å². The number of carbonyl (C=O) groups is 1. The number of hydrogen-bond acceptors (Lipinski definition) is 2. The second kappa shape index (κ2) is 7.84. The zero-order chi connectivity index (χ0) is 11.8. The summed E-state index contributed by atoms with van der Waals surface area (Å²) in [5, 5.41) is 0. The van der Waals surface area contributed by atoms with Gasteiger partial charge in [-0.05, 0) is 26.2 Å². The Morgan fingerprint density at radius 2 is 1.79 bits per heavy atom. The van der Waals surface area contributed by atoms with Crippen LogP contribution in [0.3, 0.4) is 0 Å². The van der Waals surface area contributed by atoms with E-state index in [1.54, 1.807) is 0 Å². The Hall–Kier alpha value is -0.530. The highest BCUT2D eigenvalue weighted by molar-refractivity contribution is 5.66. The van der Waals surface area contributed by atoms with Crippen molar-refractivity contribution in [1.29, 1.82) is 0 Å². The van der Waals surface area contributed by atoms with Crippen LogP contribution < -0.4 is 0 Å². The average molecular weight is 202 g/mol. The molecule has 0 heterocycles. The van der Waals surface area contributed by atoms with Crippen molar-refractivity contribution >= 4 is 5.97 Å². The maximum absolute atomic E-state index is 10.7. The number of ether oxygens (including phenoxy) is 1. The van der Waals surface area contributed by atoms with Crippen LogP contribution in [0.2, 0.25) is 0 Å². The highest BCUT2D eigenvalue weighted by Crippen LogP contribution is 2.24. The summed E-state index contributed by atoms with van der Waals surface area (Å²) in [5.41, 5.74) is -0.318. The lowest BCUT2D eigenvalue weighted by Crippen LogP contribution is -2.34. The highest BCUT2D eigenvalue weighted by Gasteiger charge is 2.27. The van der Waals surface area contributed by atoms with Gasteiger partial charge in [0.25, 0.3) is 0 Å². The minimum Gasteiger partial charge on any atom is -0.460 e. The first-order chi connectivity index (χ1) is 6.40. The molecule has 0 amide bonds. The van der Waals surface area contributed by atoms with Crippen LogP contribution in [0.5, 0.6) is 0 Å². The number of esters is 1. The predicted octanol–water partition coefficient (Wildman–Crippen LogP) is 3.79. The van der Waals surface area contributed by atoms with Crippen LogP contribution in [-0.2, 0) is 9.53 Å². The van der Waals surface area contributed by atoms with Gasteiger partial charge in [0.2, 0.25) is 0 Å². The standard InChI is InChI=1S/C10H20O2.C2H6/c1-6-7-8(2)10(4,5)12-9(3)11;1-2/h8H,6-7H2,1-5H3;1-2H3. The van der Waals surface area contributed by atoms with Crippen LogP contribution in [0.25, 0.3) is 0 Å². The van der Waals surface area contributed by atoms with Gasteiger partial charge in [0.05, 0.1) is 0 Å². The van der Waals surface area contributed by atoms with Gasteiger partial charge >= 0.3 is 5.97 Å². The van der Waals surface area contributed by atoms with Crippen molar-refractivity contribution < 1.29 is 9.53 Å².